The normalized spacial score (nSPS) is 9.90. The highest BCUT2D eigenvalue weighted by atomic mass is 16.5. The molecule has 0 N–H and O–H groups in total. The molecular formula is C16H16O4. The Hall–Kier alpha value is -2.49. The zero-order valence-electron chi connectivity index (χ0n) is 11.5. The molecule has 0 aromatic heterocycles. The van der Waals surface area contributed by atoms with Crippen molar-refractivity contribution in [2.75, 3.05) is 14.2 Å². The number of carbonyl (C=O) groups excluding carboxylic acids is 1. The summed E-state index contributed by atoms with van der Waals surface area (Å²) in [4.78, 5) is 10.8. The summed E-state index contributed by atoms with van der Waals surface area (Å²) in [6.45, 7) is 0.417. The van der Waals surface area contributed by atoms with E-state index in [2.05, 4.69) is 0 Å². The smallest absolute Gasteiger partial charge is 0.153 e. The van der Waals surface area contributed by atoms with Gasteiger partial charge in [0.15, 0.2) is 6.29 Å². The van der Waals surface area contributed by atoms with Gasteiger partial charge in [-0.1, -0.05) is 12.1 Å². The fraction of sp³-hybridized carbons (Fsp3) is 0.188. The van der Waals surface area contributed by atoms with Gasteiger partial charge in [-0.2, -0.15) is 0 Å². The van der Waals surface area contributed by atoms with Gasteiger partial charge in [-0.25, -0.2) is 0 Å². The minimum Gasteiger partial charge on any atom is -0.497 e. The molecule has 0 spiro atoms. The molecule has 20 heavy (non-hydrogen) atoms. The molecule has 0 heterocycles. The van der Waals surface area contributed by atoms with Crippen molar-refractivity contribution in [3.63, 3.8) is 0 Å². The predicted octanol–water partition coefficient (Wildman–Crippen LogP) is 3.10. The molecule has 2 rings (SSSR count). The maximum atomic E-state index is 10.8. The topological polar surface area (TPSA) is 44.8 Å². The number of ether oxygens (including phenoxy) is 3. The summed E-state index contributed by atoms with van der Waals surface area (Å²) in [7, 11) is 3.15. The third-order valence-electron chi connectivity index (χ3n) is 2.87. The SMILES string of the molecule is COc1cccc(COc2ccc(C=O)c(OC)c2)c1. The zero-order chi connectivity index (χ0) is 14.4. The first-order valence-electron chi connectivity index (χ1n) is 6.15. The van der Waals surface area contributed by atoms with Crippen LogP contribution >= 0.6 is 0 Å². The van der Waals surface area contributed by atoms with Gasteiger partial charge in [0, 0.05) is 6.07 Å². The highest BCUT2D eigenvalue weighted by Crippen LogP contribution is 2.24. The molecule has 0 fully saturated rings. The molecule has 0 atom stereocenters. The third-order valence-corrected chi connectivity index (χ3v) is 2.87. The zero-order valence-corrected chi connectivity index (χ0v) is 11.5. The summed E-state index contributed by atoms with van der Waals surface area (Å²) in [6, 6.07) is 12.8. The number of aldehydes is 1. The highest BCUT2D eigenvalue weighted by molar-refractivity contribution is 5.79. The largest absolute Gasteiger partial charge is 0.497 e. The number of methoxy groups -OCH3 is 2. The van der Waals surface area contributed by atoms with Crippen molar-refractivity contribution >= 4 is 6.29 Å². The van der Waals surface area contributed by atoms with Crippen LogP contribution in [0.1, 0.15) is 15.9 Å². The molecule has 2 aromatic rings. The van der Waals surface area contributed by atoms with Crippen molar-refractivity contribution in [1.82, 2.24) is 0 Å². The van der Waals surface area contributed by atoms with E-state index in [1.807, 2.05) is 24.3 Å². The quantitative estimate of drug-likeness (QED) is 0.758. The van der Waals surface area contributed by atoms with Crippen LogP contribution in [0.25, 0.3) is 0 Å². The van der Waals surface area contributed by atoms with Crippen molar-refractivity contribution in [2.45, 2.75) is 6.61 Å². The van der Waals surface area contributed by atoms with Crippen LogP contribution in [0.3, 0.4) is 0 Å². The van der Waals surface area contributed by atoms with Gasteiger partial charge in [0.05, 0.1) is 19.8 Å². The molecule has 0 unspecified atom stereocenters. The fourth-order valence-electron chi connectivity index (χ4n) is 1.81. The average Bonchev–Trinajstić information content (AvgIpc) is 2.52. The van der Waals surface area contributed by atoms with Crippen LogP contribution < -0.4 is 14.2 Å². The van der Waals surface area contributed by atoms with E-state index in [9.17, 15) is 4.79 Å². The number of hydrogen-bond donors (Lipinski definition) is 0. The molecule has 0 aliphatic carbocycles. The van der Waals surface area contributed by atoms with Gasteiger partial charge in [-0.15, -0.1) is 0 Å². The Morgan fingerprint density at radius 1 is 1.00 bits per heavy atom. The number of hydrogen-bond acceptors (Lipinski definition) is 4. The van der Waals surface area contributed by atoms with Gasteiger partial charge in [-0.3, -0.25) is 4.79 Å². The first-order chi connectivity index (χ1) is 9.76. The lowest BCUT2D eigenvalue weighted by molar-refractivity contribution is 0.112. The lowest BCUT2D eigenvalue weighted by Crippen LogP contribution is -1.97. The Morgan fingerprint density at radius 3 is 2.55 bits per heavy atom. The maximum Gasteiger partial charge on any atom is 0.153 e. The van der Waals surface area contributed by atoms with Crippen molar-refractivity contribution < 1.29 is 19.0 Å². The van der Waals surface area contributed by atoms with Gasteiger partial charge in [-0.05, 0) is 29.8 Å². The minimum atomic E-state index is 0.417. The average molecular weight is 272 g/mol. The Labute approximate surface area is 117 Å². The lowest BCUT2D eigenvalue weighted by Gasteiger charge is -2.10. The molecule has 104 valence electrons. The molecule has 0 saturated carbocycles. The van der Waals surface area contributed by atoms with E-state index >= 15 is 0 Å². The molecule has 0 radical (unpaired) electrons. The summed E-state index contributed by atoms with van der Waals surface area (Å²) in [6.07, 6.45) is 0.755. The second-order valence-corrected chi connectivity index (χ2v) is 4.16. The number of carbonyl (C=O) groups is 1. The number of rotatable bonds is 6. The Bertz CT molecular complexity index is 593. The van der Waals surface area contributed by atoms with Gasteiger partial charge >= 0.3 is 0 Å². The summed E-state index contributed by atoms with van der Waals surface area (Å²) >= 11 is 0. The van der Waals surface area contributed by atoms with Gasteiger partial charge < -0.3 is 14.2 Å². The van der Waals surface area contributed by atoms with Crippen molar-refractivity contribution in [3.8, 4) is 17.2 Å². The Kier molecular flexibility index (Phi) is 4.60. The van der Waals surface area contributed by atoms with Gasteiger partial charge in [0.1, 0.15) is 23.9 Å². The van der Waals surface area contributed by atoms with Crippen LogP contribution in [0.4, 0.5) is 0 Å². The number of benzene rings is 2. The predicted molar refractivity (Wildman–Crippen MR) is 75.7 cm³/mol. The van der Waals surface area contributed by atoms with E-state index in [-0.39, 0.29) is 0 Å². The van der Waals surface area contributed by atoms with E-state index in [0.717, 1.165) is 17.6 Å². The fourth-order valence-corrected chi connectivity index (χ4v) is 1.81. The molecule has 0 bridgehead atoms. The van der Waals surface area contributed by atoms with E-state index in [1.54, 1.807) is 25.3 Å². The van der Waals surface area contributed by atoms with Crippen LogP contribution in [0.5, 0.6) is 17.2 Å². The molecule has 0 aliphatic heterocycles. The van der Waals surface area contributed by atoms with Crippen molar-refractivity contribution in [3.05, 3.63) is 53.6 Å². The molecule has 4 nitrogen and oxygen atoms in total. The van der Waals surface area contributed by atoms with Crippen LogP contribution in [-0.4, -0.2) is 20.5 Å². The summed E-state index contributed by atoms with van der Waals surface area (Å²) in [5.74, 6) is 1.94. The minimum absolute atomic E-state index is 0.417. The molecule has 0 amide bonds. The maximum absolute atomic E-state index is 10.8. The second kappa shape index (κ2) is 6.61. The van der Waals surface area contributed by atoms with Crippen molar-refractivity contribution in [1.29, 1.82) is 0 Å². The third kappa shape index (κ3) is 3.29. The molecule has 0 saturated heterocycles. The molecule has 4 heteroatoms. The van der Waals surface area contributed by atoms with Crippen LogP contribution in [-0.2, 0) is 6.61 Å². The van der Waals surface area contributed by atoms with E-state index in [0.29, 0.717) is 23.7 Å². The van der Waals surface area contributed by atoms with Crippen molar-refractivity contribution in [2.24, 2.45) is 0 Å². The summed E-state index contributed by atoms with van der Waals surface area (Å²) < 4.78 is 16.0. The Balaban J connectivity index is 2.08. The molecule has 2 aromatic carbocycles. The summed E-state index contributed by atoms with van der Waals surface area (Å²) in [5, 5.41) is 0. The first kappa shape index (κ1) is 13.9. The van der Waals surface area contributed by atoms with E-state index in [4.69, 9.17) is 14.2 Å². The molecular weight excluding hydrogens is 256 g/mol. The second-order valence-electron chi connectivity index (χ2n) is 4.16. The van der Waals surface area contributed by atoms with Gasteiger partial charge in [0.2, 0.25) is 0 Å². The van der Waals surface area contributed by atoms with Crippen LogP contribution in [0, 0.1) is 0 Å². The van der Waals surface area contributed by atoms with Crippen LogP contribution in [0.15, 0.2) is 42.5 Å². The summed E-state index contributed by atoms with van der Waals surface area (Å²) in [5.41, 5.74) is 1.50. The monoisotopic (exact) mass is 272 g/mol. The van der Waals surface area contributed by atoms with E-state index in [1.165, 1.54) is 7.11 Å². The standard InChI is InChI=1S/C16H16O4/c1-18-14-5-3-4-12(8-14)11-20-15-7-6-13(10-17)16(9-15)19-2/h3-10H,11H2,1-2H3. The molecule has 0 aliphatic rings. The van der Waals surface area contributed by atoms with Crippen LogP contribution in [0.2, 0.25) is 0 Å². The van der Waals surface area contributed by atoms with E-state index < -0.39 is 0 Å². The highest BCUT2D eigenvalue weighted by Gasteiger charge is 2.04. The van der Waals surface area contributed by atoms with Gasteiger partial charge in [0.25, 0.3) is 0 Å². The first-order valence-corrected chi connectivity index (χ1v) is 6.15. The Morgan fingerprint density at radius 2 is 1.85 bits per heavy atom. The lowest BCUT2D eigenvalue weighted by atomic mass is 10.2.